The van der Waals surface area contributed by atoms with Gasteiger partial charge < -0.3 is 10.2 Å². The summed E-state index contributed by atoms with van der Waals surface area (Å²) >= 11 is 0. The van der Waals surface area contributed by atoms with Gasteiger partial charge in [0.2, 0.25) is 0 Å². The Bertz CT molecular complexity index is 638. The van der Waals surface area contributed by atoms with Gasteiger partial charge in [-0.1, -0.05) is 43.2 Å². The number of benzene rings is 1. The molecule has 126 valence electrons. The molecule has 1 aliphatic heterocycles. The van der Waals surface area contributed by atoms with E-state index in [1.54, 1.807) is 4.90 Å². The predicted octanol–water partition coefficient (Wildman–Crippen LogP) is 1.94. The molecule has 0 unspecified atom stereocenters. The number of sulfone groups is 1. The van der Waals surface area contributed by atoms with E-state index in [2.05, 4.69) is 17.4 Å². The Morgan fingerprint density at radius 3 is 2.30 bits per heavy atom. The van der Waals surface area contributed by atoms with Crippen LogP contribution < -0.4 is 5.32 Å². The first-order valence-electron chi connectivity index (χ1n) is 8.30. The number of amides is 2. The molecule has 0 spiro atoms. The van der Waals surface area contributed by atoms with Crippen molar-refractivity contribution in [2.24, 2.45) is 0 Å². The first-order chi connectivity index (χ1) is 11.0. The summed E-state index contributed by atoms with van der Waals surface area (Å²) < 4.78 is 22.9. The highest BCUT2D eigenvalue weighted by Gasteiger charge is 2.36. The van der Waals surface area contributed by atoms with Crippen LogP contribution in [0.1, 0.15) is 31.2 Å². The molecule has 1 aromatic rings. The van der Waals surface area contributed by atoms with E-state index in [-0.39, 0.29) is 23.0 Å². The molecule has 1 aliphatic carbocycles. The van der Waals surface area contributed by atoms with Crippen LogP contribution >= 0.6 is 0 Å². The lowest BCUT2D eigenvalue weighted by Crippen LogP contribution is -2.50. The second-order valence-electron chi connectivity index (χ2n) is 6.65. The normalized spacial score (nSPS) is 22.7. The lowest BCUT2D eigenvalue weighted by atomic mass is 9.79. The van der Waals surface area contributed by atoms with E-state index >= 15 is 0 Å². The zero-order valence-electron chi connectivity index (χ0n) is 13.3. The molecule has 23 heavy (non-hydrogen) atoms. The first kappa shape index (κ1) is 16.3. The van der Waals surface area contributed by atoms with E-state index in [0.29, 0.717) is 19.6 Å². The number of carbonyl (C=O) groups is 1. The molecule has 5 nitrogen and oxygen atoms in total. The van der Waals surface area contributed by atoms with Crippen LogP contribution in [0.5, 0.6) is 0 Å². The van der Waals surface area contributed by atoms with Gasteiger partial charge in [0, 0.05) is 25.0 Å². The maximum atomic E-state index is 12.4. The van der Waals surface area contributed by atoms with Gasteiger partial charge >= 0.3 is 6.03 Å². The highest BCUT2D eigenvalue weighted by atomic mass is 32.2. The fourth-order valence-corrected chi connectivity index (χ4v) is 4.88. The largest absolute Gasteiger partial charge is 0.337 e. The molecule has 1 heterocycles. The zero-order valence-corrected chi connectivity index (χ0v) is 14.1. The van der Waals surface area contributed by atoms with Crippen molar-refractivity contribution < 1.29 is 13.2 Å². The molecule has 0 atom stereocenters. The molecule has 1 saturated carbocycles. The van der Waals surface area contributed by atoms with Crippen LogP contribution in [0.4, 0.5) is 4.79 Å². The SMILES string of the molecule is O=C(NCC1(c2ccccc2)CCCC1)N1CCS(=O)(=O)CC1. The van der Waals surface area contributed by atoms with Crippen LogP contribution in [0.3, 0.4) is 0 Å². The molecule has 2 fully saturated rings. The lowest BCUT2D eigenvalue weighted by molar-refractivity contribution is 0.198. The maximum Gasteiger partial charge on any atom is 0.317 e. The average molecular weight is 336 g/mol. The van der Waals surface area contributed by atoms with Gasteiger partial charge in [-0.25, -0.2) is 13.2 Å². The van der Waals surface area contributed by atoms with Crippen LogP contribution in [0.25, 0.3) is 0 Å². The van der Waals surface area contributed by atoms with E-state index in [1.807, 2.05) is 18.2 Å². The lowest BCUT2D eigenvalue weighted by Gasteiger charge is -2.32. The van der Waals surface area contributed by atoms with Gasteiger partial charge in [-0.05, 0) is 18.4 Å². The van der Waals surface area contributed by atoms with E-state index in [4.69, 9.17) is 0 Å². The molecule has 0 bridgehead atoms. The van der Waals surface area contributed by atoms with Crippen LogP contribution in [0, 0.1) is 0 Å². The molecule has 2 amide bonds. The van der Waals surface area contributed by atoms with Crippen molar-refractivity contribution in [1.82, 2.24) is 10.2 Å². The molecule has 3 rings (SSSR count). The quantitative estimate of drug-likeness (QED) is 0.917. The van der Waals surface area contributed by atoms with Gasteiger partial charge in [0.1, 0.15) is 0 Å². The number of nitrogens with one attached hydrogen (secondary N) is 1. The molecule has 1 saturated heterocycles. The van der Waals surface area contributed by atoms with Crippen molar-refractivity contribution in [1.29, 1.82) is 0 Å². The molecule has 0 aromatic heterocycles. The molecular weight excluding hydrogens is 312 g/mol. The Morgan fingerprint density at radius 2 is 1.70 bits per heavy atom. The third kappa shape index (κ3) is 3.68. The van der Waals surface area contributed by atoms with Crippen LogP contribution in [0.15, 0.2) is 30.3 Å². The van der Waals surface area contributed by atoms with E-state index in [9.17, 15) is 13.2 Å². The molecule has 0 radical (unpaired) electrons. The summed E-state index contributed by atoms with van der Waals surface area (Å²) in [5, 5.41) is 3.05. The number of hydrogen-bond donors (Lipinski definition) is 1. The van der Waals surface area contributed by atoms with Gasteiger partial charge in [-0.2, -0.15) is 0 Å². The Labute approximate surface area is 138 Å². The smallest absolute Gasteiger partial charge is 0.317 e. The third-order valence-electron chi connectivity index (χ3n) is 5.16. The second kappa shape index (κ2) is 6.51. The molecule has 1 aromatic carbocycles. The summed E-state index contributed by atoms with van der Waals surface area (Å²) in [5.41, 5.74) is 1.32. The van der Waals surface area contributed by atoms with E-state index < -0.39 is 9.84 Å². The Kier molecular flexibility index (Phi) is 4.62. The second-order valence-corrected chi connectivity index (χ2v) is 8.95. The summed E-state index contributed by atoms with van der Waals surface area (Å²) in [6.07, 6.45) is 4.55. The summed E-state index contributed by atoms with van der Waals surface area (Å²) in [6.45, 7) is 1.22. The van der Waals surface area contributed by atoms with Crippen molar-refractivity contribution in [3.63, 3.8) is 0 Å². The summed E-state index contributed by atoms with van der Waals surface area (Å²) in [6, 6.07) is 10.3. The summed E-state index contributed by atoms with van der Waals surface area (Å²) in [5.74, 6) is 0.147. The number of carbonyl (C=O) groups excluding carboxylic acids is 1. The van der Waals surface area contributed by atoms with Gasteiger partial charge in [0.15, 0.2) is 9.84 Å². The molecular formula is C17H24N2O3S. The highest BCUT2D eigenvalue weighted by molar-refractivity contribution is 7.91. The van der Waals surface area contributed by atoms with E-state index in [0.717, 1.165) is 12.8 Å². The number of hydrogen-bond acceptors (Lipinski definition) is 3. The number of urea groups is 1. The monoisotopic (exact) mass is 336 g/mol. The van der Waals surface area contributed by atoms with Crippen LogP contribution in [-0.2, 0) is 15.3 Å². The average Bonchev–Trinajstić information content (AvgIpc) is 3.04. The highest BCUT2D eigenvalue weighted by Crippen LogP contribution is 2.40. The van der Waals surface area contributed by atoms with Crippen molar-refractivity contribution in [2.45, 2.75) is 31.1 Å². The Morgan fingerprint density at radius 1 is 1.09 bits per heavy atom. The number of nitrogens with zero attached hydrogens (tertiary/aromatic N) is 1. The predicted molar refractivity (Wildman–Crippen MR) is 90.2 cm³/mol. The van der Waals surface area contributed by atoms with Gasteiger partial charge in [-0.3, -0.25) is 0 Å². The zero-order chi connectivity index (χ0) is 16.3. The Hall–Kier alpha value is -1.56. The first-order valence-corrected chi connectivity index (χ1v) is 10.1. The minimum Gasteiger partial charge on any atom is -0.337 e. The minimum absolute atomic E-state index is 0.0266. The minimum atomic E-state index is -2.96. The summed E-state index contributed by atoms with van der Waals surface area (Å²) in [7, 11) is -2.96. The van der Waals surface area contributed by atoms with E-state index in [1.165, 1.54) is 18.4 Å². The number of rotatable bonds is 3. The fourth-order valence-electron chi connectivity index (χ4n) is 3.68. The Balaban J connectivity index is 1.63. The third-order valence-corrected chi connectivity index (χ3v) is 6.77. The fraction of sp³-hybridized carbons (Fsp3) is 0.588. The molecule has 6 heteroatoms. The van der Waals surface area contributed by atoms with Gasteiger partial charge in [0.25, 0.3) is 0 Å². The van der Waals surface area contributed by atoms with Crippen molar-refractivity contribution in [3.05, 3.63) is 35.9 Å². The standard InChI is InChI=1S/C17H24N2O3S/c20-16(19-10-12-23(21,22)13-11-19)18-14-17(8-4-5-9-17)15-6-2-1-3-7-15/h1-3,6-7H,4-5,8-14H2,(H,18,20). The topological polar surface area (TPSA) is 66.5 Å². The van der Waals surface area contributed by atoms with Crippen molar-refractivity contribution >= 4 is 15.9 Å². The van der Waals surface area contributed by atoms with Gasteiger partial charge in [0.05, 0.1) is 11.5 Å². The summed E-state index contributed by atoms with van der Waals surface area (Å²) in [4.78, 5) is 14.0. The van der Waals surface area contributed by atoms with Crippen molar-refractivity contribution in [3.8, 4) is 0 Å². The van der Waals surface area contributed by atoms with Crippen molar-refractivity contribution in [2.75, 3.05) is 31.1 Å². The van der Waals surface area contributed by atoms with Gasteiger partial charge in [-0.15, -0.1) is 0 Å². The molecule has 2 aliphatic rings. The maximum absolute atomic E-state index is 12.4. The van der Waals surface area contributed by atoms with Crippen LogP contribution in [-0.4, -0.2) is 50.5 Å². The molecule has 1 N–H and O–H groups in total. The van der Waals surface area contributed by atoms with Crippen LogP contribution in [0.2, 0.25) is 0 Å².